The highest BCUT2D eigenvalue weighted by Crippen LogP contribution is 2.54. The Morgan fingerprint density at radius 1 is 0.226 bits per heavy atom. The zero-order valence-corrected chi connectivity index (χ0v) is 59.7. The van der Waals surface area contributed by atoms with E-state index in [2.05, 4.69) is 111 Å². The third-order valence-electron chi connectivity index (χ3n) is 21.2. The van der Waals surface area contributed by atoms with Crippen LogP contribution in [0.5, 0.6) is 0 Å². The summed E-state index contributed by atoms with van der Waals surface area (Å²) in [4.78, 5) is 114. The van der Waals surface area contributed by atoms with E-state index >= 15 is 0 Å². The monoisotopic (exact) mass is 1180 g/mol. The van der Waals surface area contributed by atoms with E-state index in [-0.39, 0.29) is 116 Å². The smallest absolute Gasteiger partial charge is 0.225 e. The minimum absolute atomic E-state index is 0.0810. The number of rotatable bonds is 12. The van der Waals surface area contributed by atoms with Crippen LogP contribution in [0.25, 0.3) is 0 Å². The molecule has 16 heteroatoms. The predicted octanol–water partition coefficient (Wildman–Crippen LogP) is 9.95. The summed E-state index contributed by atoms with van der Waals surface area (Å²) in [5.74, 6) is 4.30. The van der Waals surface area contributed by atoms with Gasteiger partial charge in [-0.1, -0.05) is 111 Å². The summed E-state index contributed by atoms with van der Waals surface area (Å²) >= 11 is 0. The van der Waals surface area contributed by atoms with Gasteiger partial charge in [0.25, 0.3) is 0 Å². The van der Waals surface area contributed by atoms with Crippen molar-refractivity contribution in [3.05, 3.63) is 0 Å². The Morgan fingerprint density at radius 3 is 0.369 bits per heavy atom. The topological polar surface area (TPSA) is 162 Å². The van der Waals surface area contributed by atoms with E-state index in [1.54, 1.807) is 152 Å². The molecule has 0 aromatic rings. The second-order valence-corrected chi connectivity index (χ2v) is 31.5. The van der Waals surface area contributed by atoms with E-state index < -0.39 is 0 Å². The second kappa shape index (κ2) is 31.1. The minimum Gasteiger partial charge on any atom is -0.349 e. The number of carbonyl (C=O) groups is 8. The summed E-state index contributed by atoms with van der Waals surface area (Å²) in [6, 6.07) is 0. The average molecular weight is 1190 g/mol. The first-order valence-corrected chi connectivity index (χ1v) is 31.7. The van der Waals surface area contributed by atoms with Crippen LogP contribution in [0.4, 0.5) is 0 Å². The Labute approximate surface area is 514 Å². The van der Waals surface area contributed by atoms with Crippen LogP contribution >= 0.6 is 0 Å². The van der Waals surface area contributed by atoms with Crippen LogP contribution in [-0.4, -0.2) is 199 Å². The predicted molar refractivity (Wildman–Crippen MR) is 343 cm³/mol. The van der Waals surface area contributed by atoms with Gasteiger partial charge < -0.3 is 39.2 Å². The number of hydrogen-bond donors (Lipinski definition) is 0. The van der Waals surface area contributed by atoms with Crippen molar-refractivity contribution < 1.29 is 38.4 Å². The van der Waals surface area contributed by atoms with Crippen LogP contribution in [0.3, 0.4) is 0 Å². The average Bonchev–Trinajstić information content (AvgIpc) is 3.36. The molecule has 0 spiro atoms. The summed E-state index contributed by atoms with van der Waals surface area (Å²) < 4.78 is 0. The fourth-order valence-electron chi connectivity index (χ4n) is 14.2. The van der Waals surface area contributed by atoms with Gasteiger partial charge in [0.05, 0.1) is 0 Å². The molecule has 4 saturated carbocycles. The van der Waals surface area contributed by atoms with Crippen LogP contribution in [0.15, 0.2) is 0 Å². The van der Waals surface area contributed by atoms with Gasteiger partial charge in [0.2, 0.25) is 47.3 Å². The standard InChI is InChI=1S/4C17H32N2O2/c4*1-11(2)12-9-13(15(20)18(5)6)17(3,4)14(10-12)16(21)19(7)8/h4*11-14H,9-10H2,1-8H3/t2*13-,14-;2*12?,13-,14+/m10../s1. The molecule has 4 aliphatic rings. The van der Waals surface area contributed by atoms with Crippen molar-refractivity contribution in [3.63, 3.8) is 0 Å². The zero-order chi connectivity index (χ0) is 66.1. The van der Waals surface area contributed by atoms with Crippen molar-refractivity contribution >= 4 is 47.3 Å². The quantitative estimate of drug-likeness (QED) is 0.187. The van der Waals surface area contributed by atoms with Crippen LogP contribution in [0.2, 0.25) is 0 Å². The normalized spacial score (nSPS) is 28.3. The number of carbonyl (C=O) groups excluding carboxylic acids is 8. The second-order valence-electron chi connectivity index (χ2n) is 31.5. The molecule has 0 radical (unpaired) electrons. The Balaban J connectivity index is 0.000000560. The van der Waals surface area contributed by atoms with Gasteiger partial charge in [0, 0.05) is 160 Å². The molecule has 488 valence electrons. The molecule has 0 N–H and O–H groups in total. The largest absolute Gasteiger partial charge is 0.349 e. The van der Waals surface area contributed by atoms with Crippen molar-refractivity contribution in [2.24, 2.45) is 116 Å². The van der Waals surface area contributed by atoms with Gasteiger partial charge in [0.1, 0.15) is 0 Å². The number of hydrogen-bond acceptors (Lipinski definition) is 8. The maximum absolute atomic E-state index is 12.6. The minimum atomic E-state index is -0.298. The van der Waals surface area contributed by atoms with Crippen molar-refractivity contribution in [1.82, 2.24) is 39.2 Å². The lowest BCUT2D eigenvalue weighted by Gasteiger charge is -2.48. The Kier molecular flexibility index (Phi) is 28.8. The van der Waals surface area contributed by atoms with E-state index in [4.69, 9.17) is 0 Å². The van der Waals surface area contributed by atoms with E-state index in [0.717, 1.165) is 51.4 Å². The molecule has 0 saturated heterocycles. The number of amides is 8. The maximum Gasteiger partial charge on any atom is 0.225 e. The molecule has 4 fully saturated rings. The summed E-state index contributed by atoms with van der Waals surface area (Å²) in [6.45, 7) is 34.2. The first-order valence-electron chi connectivity index (χ1n) is 31.7. The molecule has 4 rings (SSSR count). The Morgan fingerprint density at radius 2 is 0.310 bits per heavy atom. The van der Waals surface area contributed by atoms with Gasteiger partial charge in [-0.25, -0.2) is 0 Å². The van der Waals surface area contributed by atoms with E-state index in [9.17, 15) is 38.4 Å². The van der Waals surface area contributed by atoms with E-state index in [1.807, 2.05) is 0 Å². The highest BCUT2D eigenvalue weighted by atomic mass is 16.2. The molecule has 0 aliphatic heterocycles. The molecular formula is C68H128N8O8. The van der Waals surface area contributed by atoms with Crippen molar-refractivity contribution in [2.75, 3.05) is 113 Å². The molecule has 0 bridgehead atoms. The lowest BCUT2D eigenvalue weighted by Crippen LogP contribution is -2.52. The molecule has 4 aliphatic carbocycles. The SMILES string of the molecule is CC(C)C1C[C@@H](C(=O)N(C)C)C(C)(C)[C@H](C(=O)N(C)C)C1.CC(C)C1C[C@H](C(=O)N(C)C)C(C)(C)[C@@H](C(=O)N(C)C)C1.CC(C)C1C[C@H](C(=O)N(C)C)C(C)(C)[C@H](C(=O)N(C)C)C1.CC(C)C1C[C@H](C(=O)N(C)C)C(C)(C)[C@H](C(=O)N(C)C)C1. The van der Waals surface area contributed by atoms with Gasteiger partial charge in [0.15, 0.2) is 0 Å². The van der Waals surface area contributed by atoms with Gasteiger partial charge in [-0.05, 0) is 120 Å². The zero-order valence-electron chi connectivity index (χ0n) is 59.7. The highest BCUT2D eigenvalue weighted by Gasteiger charge is 2.55. The molecule has 8 amide bonds. The van der Waals surface area contributed by atoms with Crippen molar-refractivity contribution in [3.8, 4) is 0 Å². The molecule has 0 heterocycles. The molecule has 2 unspecified atom stereocenters. The Hall–Kier alpha value is -4.24. The molecule has 0 aromatic carbocycles. The maximum atomic E-state index is 12.6. The third-order valence-corrected chi connectivity index (χ3v) is 21.2. The van der Waals surface area contributed by atoms with Gasteiger partial charge in [-0.3, -0.25) is 38.4 Å². The fourth-order valence-corrected chi connectivity index (χ4v) is 14.2. The van der Waals surface area contributed by atoms with Gasteiger partial charge in [-0.15, -0.1) is 0 Å². The molecule has 0 aromatic heterocycles. The lowest BCUT2D eigenvalue weighted by atomic mass is 9.57. The first-order chi connectivity index (χ1) is 38.0. The fraction of sp³-hybridized carbons (Fsp3) is 0.882. The summed E-state index contributed by atoms with van der Waals surface area (Å²) in [5, 5.41) is 0. The van der Waals surface area contributed by atoms with Gasteiger partial charge >= 0.3 is 0 Å². The molecule has 10 atom stereocenters. The molecule has 84 heavy (non-hydrogen) atoms. The Bertz CT molecular complexity index is 1770. The van der Waals surface area contributed by atoms with Crippen LogP contribution < -0.4 is 0 Å². The summed E-state index contributed by atoms with van der Waals surface area (Å²) in [5.41, 5.74) is -1.19. The molecule has 16 nitrogen and oxygen atoms in total. The highest BCUT2D eigenvalue weighted by molar-refractivity contribution is 5.86. The lowest BCUT2D eigenvalue weighted by molar-refractivity contribution is -0.153. The molecular weight excluding hydrogens is 1060 g/mol. The number of nitrogens with zero attached hydrogens (tertiary/aromatic N) is 8. The van der Waals surface area contributed by atoms with Crippen LogP contribution in [0, 0.1) is 116 Å². The van der Waals surface area contributed by atoms with Crippen molar-refractivity contribution in [1.29, 1.82) is 0 Å². The van der Waals surface area contributed by atoms with Crippen LogP contribution in [-0.2, 0) is 38.4 Å². The van der Waals surface area contributed by atoms with Crippen LogP contribution in [0.1, 0.15) is 162 Å². The van der Waals surface area contributed by atoms with Gasteiger partial charge in [-0.2, -0.15) is 0 Å². The van der Waals surface area contributed by atoms with E-state index in [0.29, 0.717) is 47.3 Å². The van der Waals surface area contributed by atoms with E-state index in [1.165, 1.54) is 0 Å². The summed E-state index contributed by atoms with van der Waals surface area (Å²) in [6.07, 6.45) is 7.10. The first kappa shape index (κ1) is 77.8. The van der Waals surface area contributed by atoms with Crippen molar-refractivity contribution in [2.45, 2.75) is 162 Å². The summed E-state index contributed by atoms with van der Waals surface area (Å²) in [7, 11) is 28.9. The third kappa shape index (κ3) is 18.9.